The number of thiophene rings is 1. The van der Waals surface area contributed by atoms with Gasteiger partial charge in [0.15, 0.2) is 5.65 Å². The van der Waals surface area contributed by atoms with Gasteiger partial charge in [-0.15, -0.1) is 11.3 Å². The summed E-state index contributed by atoms with van der Waals surface area (Å²) in [6, 6.07) is 6.45. The Hall–Kier alpha value is -2.29. The monoisotopic (exact) mass is 441 g/mol. The zero-order chi connectivity index (χ0) is 22.0. The second-order valence-corrected chi connectivity index (χ2v) is 9.54. The summed E-state index contributed by atoms with van der Waals surface area (Å²) in [5.74, 6) is 0.145. The molecule has 0 spiro atoms. The first-order chi connectivity index (χ1) is 15.0. The Morgan fingerprint density at radius 3 is 2.68 bits per heavy atom. The van der Waals surface area contributed by atoms with Crippen molar-refractivity contribution in [1.82, 2.24) is 25.0 Å². The van der Waals surface area contributed by atoms with Crippen LogP contribution in [0.2, 0.25) is 0 Å². The first-order valence-corrected chi connectivity index (χ1v) is 11.8. The van der Waals surface area contributed by atoms with Gasteiger partial charge in [0.25, 0.3) is 5.91 Å². The van der Waals surface area contributed by atoms with Crippen LogP contribution in [-0.4, -0.2) is 58.4 Å². The summed E-state index contributed by atoms with van der Waals surface area (Å²) < 4.78 is 7.41. The largest absolute Gasteiger partial charge is 0.379 e. The Bertz CT molecular complexity index is 1020. The summed E-state index contributed by atoms with van der Waals surface area (Å²) in [6.07, 6.45) is 1.76. The Morgan fingerprint density at radius 1 is 1.26 bits per heavy atom. The Balaban J connectivity index is 1.61. The van der Waals surface area contributed by atoms with Crippen LogP contribution in [0.25, 0.3) is 11.0 Å². The fourth-order valence-electron chi connectivity index (χ4n) is 3.96. The third kappa shape index (κ3) is 4.66. The van der Waals surface area contributed by atoms with Crippen molar-refractivity contribution in [2.75, 3.05) is 32.8 Å². The molecule has 0 saturated carbocycles. The summed E-state index contributed by atoms with van der Waals surface area (Å²) in [6.45, 7) is 12.1. The van der Waals surface area contributed by atoms with Crippen LogP contribution in [0.5, 0.6) is 0 Å². The van der Waals surface area contributed by atoms with Gasteiger partial charge in [0, 0.05) is 36.2 Å². The van der Waals surface area contributed by atoms with E-state index in [-0.39, 0.29) is 23.9 Å². The van der Waals surface area contributed by atoms with Crippen molar-refractivity contribution < 1.29 is 9.53 Å². The number of hydrogen-bond donors (Lipinski definition) is 1. The number of nitrogens with one attached hydrogen (secondary N) is 1. The average molecular weight is 442 g/mol. The number of fused-ring (bicyclic) bond motifs is 1. The predicted octanol–water partition coefficient (Wildman–Crippen LogP) is 4.00. The molecule has 1 atom stereocenters. The molecular formula is C23H31N5O2S. The van der Waals surface area contributed by atoms with Crippen LogP contribution in [0.4, 0.5) is 0 Å². The SMILES string of the molecule is CC(C)c1cc(C(=O)NC[C@@H](c2cccs2)N2CCOCC2)c2cnn(C(C)C)c2n1. The molecule has 0 bridgehead atoms. The molecule has 4 heterocycles. The van der Waals surface area contributed by atoms with E-state index in [1.807, 2.05) is 10.7 Å². The lowest BCUT2D eigenvalue weighted by atomic mass is 10.0. The minimum atomic E-state index is -0.0765. The van der Waals surface area contributed by atoms with E-state index in [0.29, 0.717) is 12.1 Å². The van der Waals surface area contributed by atoms with Gasteiger partial charge in [-0.2, -0.15) is 5.10 Å². The molecule has 31 heavy (non-hydrogen) atoms. The second-order valence-electron chi connectivity index (χ2n) is 8.56. The highest BCUT2D eigenvalue weighted by Gasteiger charge is 2.25. The summed E-state index contributed by atoms with van der Waals surface area (Å²) in [7, 11) is 0. The number of ether oxygens (including phenoxy) is 1. The van der Waals surface area contributed by atoms with Gasteiger partial charge in [0.1, 0.15) is 0 Å². The number of morpholine rings is 1. The first kappa shape index (κ1) is 21.9. The van der Waals surface area contributed by atoms with Gasteiger partial charge in [-0.3, -0.25) is 9.69 Å². The number of pyridine rings is 1. The molecule has 0 unspecified atom stereocenters. The lowest BCUT2D eigenvalue weighted by Crippen LogP contribution is -2.43. The molecule has 4 rings (SSSR count). The number of carbonyl (C=O) groups excluding carboxylic acids is 1. The maximum atomic E-state index is 13.4. The van der Waals surface area contributed by atoms with Gasteiger partial charge in [-0.05, 0) is 37.3 Å². The van der Waals surface area contributed by atoms with Crippen molar-refractivity contribution >= 4 is 28.3 Å². The van der Waals surface area contributed by atoms with Gasteiger partial charge < -0.3 is 10.1 Å². The minimum Gasteiger partial charge on any atom is -0.379 e. The average Bonchev–Trinajstić information content (AvgIpc) is 3.44. The van der Waals surface area contributed by atoms with E-state index in [2.05, 4.69) is 60.5 Å². The Morgan fingerprint density at radius 2 is 2.03 bits per heavy atom. The van der Waals surface area contributed by atoms with Crippen LogP contribution in [0, 0.1) is 0 Å². The number of rotatable bonds is 7. The molecule has 8 heteroatoms. The van der Waals surface area contributed by atoms with Crippen LogP contribution < -0.4 is 5.32 Å². The third-order valence-electron chi connectivity index (χ3n) is 5.73. The summed E-state index contributed by atoms with van der Waals surface area (Å²) in [5, 5.41) is 10.6. The number of carbonyl (C=O) groups is 1. The van der Waals surface area contributed by atoms with Crippen LogP contribution in [0.15, 0.2) is 29.8 Å². The highest BCUT2D eigenvalue weighted by atomic mass is 32.1. The van der Waals surface area contributed by atoms with E-state index in [9.17, 15) is 4.79 Å². The molecule has 0 aromatic carbocycles. The minimum absolute atomic E-state index is 0.0765. The fourth-order valence-corrected chi connectivity index (χ4v) is 4.82. The molecule has 7 nitrogen and oxygen atoms in total. The molecular weight excluding hydrogens is 410 g/mol. The number of aromatic nitrogens is 3. The third-order valence-corrected chi connectivity index (χ3v) is 6.70. The van der Waals surface area contributed by atoms with Crippen LogP contribution in [0.3, 0.4) is 0 Å². The van der Waals surface area contributed by atoms with Crippen LogP contribution in [0.1, 0.15) is 66.6 Å². The van der Waals surface area contributed by atoms with Crippen LogP contribution >= 0.6 is 11.3 Å². The Kier molecular flexibility index (Phi) is 6.69. The number of nitrogens with zero attached hydrogens (tertiary/aromatic N) is 4. The first-order valence-electron chi connectivity index (χ1n) is 11.0. The van der Waals surface area contributed by atoms with Crippen molar-refractivity contribution in [3.63, 3.8) is 0 Å². The molecule has 0 aliphatic carbocycles. The van der Waals surface area contributed by atoms with Crippen LogP contribution in [-0.2, 0) is 4.74 Å². The lowest BCUT2D eigenvalue weighted by Gasteiger charge is -2.34. The zero-order valence-electron chi connectivity index (χ0n) is 18.7. The normalized spacial score (nSPS) is 16.3. The van der Waals surface area contributed by atoms with Crippen molar-refractivity contribution in [2.45, 2.75) is 45.7 Å². The van der Waals surface area contributed by atoms with Crippen molar-refractivity contribution in [3.8, 4) is 0 Å². The molecule has 3 aromatic rings. The topological polar surface area (TPSA) is 72.3 Å². The molecule has 1 aliphatic heterocycles. The van der Waals surface area contributed by atoms with E-state index in [1.165, 1.54) is 4.88 Å². The lowest BCUT2D eigenvalue weighted by molar-refractivity contribution is 0.0169. The molecule has 0 radical (unpaired) electrons. The van der Waals surface area contributed by atoms with Gasteiger partial charge in [0.05, 0.1) is 36.4 Å². The van der Waals surface area contributed by atoms with E-state index < -0.39 is 0 Å². The van der Waals surface area contributed by atoms with Crippen molar-refractivity contribution in [2.24, 2.45) is 0 Å². The van der Waals surface area contributed by atoms with Gasteiger partial charge in [-0.1, -0.05) is 19.9 Å². The fraction of sp³-hybridized carbons (Fsp3) is 0.522. The second kappa shape index (κ2) is 9.46. The highest BCUT2D eigenvalue weighted by Crippen LogP contribution is 2.27. The molecule has 1 N–H and O–H groups in total. The molecule has 166 valence electrons. The van der Waals surface area contributed by atoms with E-state index in [1.54, 1.807) is 17.5 Å². The Labute approximate surface area is 187 Å². The highest BCUT2D eigenvalue weighted by molar-refractivity contribution is 7.10. The maximum absolute atomic E-state index is 13.4. The molecule has 1 amide bonds. The number of hydrogen-bond acceptors (Lipinski definition) is 6. The van der Waals surface area contributed by atoms with Gasteiger partial charge in [-0.25, -0.2) is 9.67 Å². The molecule has 1 saturated heterocycles. The number of amides is 1. The van der Waals surface area contributed by atoms with Gasteiger partial charge >= 0.3 is 0 Å². The molecule has 3 aromatic heterocycles. The zero-order valence-corrected chi connectivity index (χ0v) is 19.5. The predicted molar refractivity (Wildman–Crippen MR) is 124 cm³/mol. The van der Waals surface area contributed by atoms with E-state index >= 15 is 0 Å². The summed E-state index contributed by atoms with van der Waals surface area (Å²) in [5.41, 5.74) is 2.32. The summed E-state index contributed by atoms with van der Waals surface area (Å²) >= 11 is 1.73. The smallest absolute Gasteiger partial charge is 0.252 e. The van der Waals surface area contributed by atoms with E-state index in [4.69, 9.17) is 9.72 Å². The van der Waals surface area contributed by atoms with Crippen molar-refractivity contribution in [3.05, 3.63) is 45.9 Å². The van der Waals surface area contributed by atoms with Gasteiger partial charge in [0.2, 0.25) is 0 Å². The van der Waals surface area contributed by atoms with E-state index in [0.717, 1.165) is 43.0 Å². The quantitative estimate of drug-likeness (QED) is 0.600. The maximum Gasteiger partial charge on any atom is 0.252 e. The summed E-state index contributed by atoms with van der Waals surface area (Å²) in [4.78, 5) is 21.8. The molecule has 1 fully saturated rings. The standard InChI is InChI=1S/C23H31N5O2S/c1-15(2)19-12-17(18-13-25-28(16(3)4)22(18)26-19)23(29)24-14-20(21-6-5-11-31-21)27-7-9-30-10-8-27/h5-6,11-13,15-16,20H,7-10,14H2,1-4H3,(H,24,29)/t20-/m0/s1. The molecule has 1 aliphatic rings. The van der Waals surface area contributed by atoms with Crippen molar-refractivity contribution in [1.29, 1.82) is 0 Å².